The van der Waals surface area contributed by atoms with Crippen LogP contribution < -0.4 is 0 Å². The van der Waals surface area contributed by atoms with Crippen molar-refractivity contribution in [2.45, 2.75) is 38.8 Å². The van der Waals surface area contributed by atoms with Crippen LogP contribution in [0.25, 0.3) is 10.9 Å². The van der Waals surface area contributed by atoms with Gasteiger partial charge in [-0.1, -0.05) is 36.4 Å². The number of nitrogens with zero attached hydrogens (tertiary/aromatic N) is 3. The smallest absolute Gasteiger partial charge is 0.309 e. The number of hydrogen-bond donors (Lipinski definition) is 0. The number of carbonyl (C=O) groups excluding carboxylic acids is 3. The van der Waals surface area contributed by atoms with Gasteiger partial charge in [0.2, 0.25) is 5.91 Å². The molecule has 2 unspecified atom stereocenters. The molecule has 35 heavy (non-hydrogen) atoms. The van der Waals surface area contributed by atoms with Crippen molar-refractivity contribution in [1.29, 1.82) is 0 Å². The molecular formula is C28H31N3O4. The summed E-state index contributed by atoms with van der Waals surface area (Å²) in [5, 5.41) is 1.07. The van der Waals surface area contributed by atoms with E-state index >= 15 is 0 Å². The van der Waals surface area contributed by atoms with Gasteiger partial charge in [0.1, 0.15) is 6.04 Å². The Bertz CT molecular complexity index is 1290. The summed E-state index contributed by atoms with van der Waals surface area (Å²) in [6.45, 7) is 4.96. The molecule has 5 rings (SSSR count). The largest absolute Gasteiger partial charge is 0.466 e. The molecular weight excluding hydrogens is 442 g/mol. The molecule has 3 heterocycles. The first-order chi connectivity index (χ1) is 16.9. The minimum Gasteiger partial charge on any atom is -0.466 e. The van der Waals surface area contributed by atoms with Crippen LogP contribution in [0.2, 0.25) is 0 Å². The lowest BCUT2D eigenvalue weighted by atomic mass is 9.95. The van der Waals surface area contributed by atoms with Crippen LogP contribution in [0.4, 0.5) is 0 Å². The van der Waals surface area contributed by atoms with E-state index in [-0.39, 0.29) is 29.7 Å². The van der Waals surface area contributed by atoms with E-state index in [0.29, 0.717) is 38.1 Å². The van der Waals surface area contributed by atoms with Crippen LogP contribution in [0.3, 0.4) is 0 Å². The first-order valence-corrected chi connectivity index (χ1v) is 12.3. The summed E-state index contributed by atoms with van der Waals surface area (Å²) in [7, 11) is 2.00. The highest BCUT2D eigenvalue weighted by Crippen LogP contribution is 2.43. The highest BCUT2D eigenvalue weighted by molar-refractivity contribution is 6.03. The summed E-state index contributed by atoms with van der Waals surface area (Å²) >= 11 is 0. The van der Waals surface area contributed by atoms with Crippen LogP contribution >= 0.6 is 0 Å². The Morgan fingerprint density at radius 2 is 1.71 bits per heavy atom. The van der Waals surface area contributed by atoms with Crippen LogP contribution in [0, 0.1) is 5.92 Å². The van der Waals surface area contributed by atoms with Gasteiger partial charge in [-0.05, 0) is 44.4 Å². The zero-order chi connectivity index (χ0) is 24.7. The van der Waals surface area contributed by atoms with E-state index in [9.17, 15) is 14.4 Å². The third kappa shape index (κ3) is 3.89. The number of ether oxygens (including phenoxy) is 1. The molecule has 7 nitrogen and oxygen atoms in total. The predicted molar refractivity (Wildman–Crippen MR) is 133 cm³/mol. The number of amides is 2. The van der Waals surface area contributed by atoms with Crippen LogP contribution in [0.15, 0.2) is 54.7 Å². The van der Waals surface area contributed by atoms with Gasteiger partial charge in [-0.3, -0.25) is 14.4 Å². The Hall–Kier alpha value is -3.61. The number of aryl methyl sites for hydroxylation is 1. The van der Waals surface area contributed by atoms with Gasteiger partial charge in [0.25, 0.3) is 5.91 Å². The van der Waals surface area contributed by atoms with Gasteiger partial charge in [0.05, 0.1) is 18.6 Å². The molecule has 2 atom stereocenters. The second kappa shape index (κ2) is 9.21. The Labute approximate surface area is 205 Å². The van der Waals surface area contributed by atoms with Crippen molar-refractivity contribution in [2.24, 2.45) is 13.0 Å². The van der Waals surface area contributed by atoms with E-state index < -0.39 is 6.04 Å². The molecule has 0 N–H and O–H groups in total. The zero-order valence-electron chi connectivity index (χ0n) is 20.4. The number of fused-ring (bicyclic) bond motifs is 2. The molecule has 7 heteroatoms. The molecule has 2 amide bonds. The minimum absolute atomic E-state index is 0.0845. The standard InChI is InChI=1S/C28H31N3O4/c1-4-35-28(34)19-13-15-30(16-14-19)26(32)18(2)31-25(21-10-5-6-11-22(21)27(31)33)23-17-29(3)24-12-8-7-9-20(23)24/h5-12,17-19,25H,4,13-16H2,1-3H3. The molecule has 2 aliphatic heterocycles. The van der Waals surface area contributed by atoms with E-state index in [0.717, 1.165) is 22.0 Å². The van der Waals surface area contributed by atoms with E-state index in [2.05, 4.69) is 22.9 Å². The SMILES string of the molecule is CCOC(=O)C1CCN(C(=O)C(C)N2C(=O)c3ccccc3C2c2cn(C)c3ccccc23)CC1. The second-order valence-corrected chi connectivity index (χ2v) is 9.44. The number of rotatable bonds is 5. The summed E-state index contributed by atoms with van der Waals surface area (Å²) < 4.78 is 7.23. The van der Waals surface area contributed by atoms with Gasteiger partial charge in [0, 0.05) is 48.4 Å². The molecule has 0 aliphatic carbocycles. The molecule has 1 aromatic heterocycles. The summed E-state index contributed by atoms with van der Waals surface area (Å²) in [6, 6.07) is 14.8. The summed E-state index contributed by atoms with van der Waals surface area (Å²) in [6.07, 6.45) is 3.23. The van der Waals surface area contributed by atoms with Crippen molar-refractivity contribution in [3.63, 3.8) is 0 Å². The normalized spacial score (nSPS) is 19.2. The maximum absolute atomic E-state index is 13.7. The Balaban J connectivity index is 1.45. The average Bonchev–Trinajstić information content (AvgIpc) is 3.37. The van der Waals surface area contributed by atoms with E-state index in [1.807, 2.05) is 50.4 Å². The number of likely N-dealkylation sites (tertiary alicyclic amines) is 1. The number of piperidine rings is 1. The Morgan fingerprint density at radius 1 is 1.03 bits per heavy atom. The third-order valence-electron chi connectivity index (χ3n) is 7.42. The number of hydrogen-bond acceptors (Lipinski definition) is 4. The Kier molecular flexibility index (Phi) is 6.09. The Morgan fingerprint density at radius 3 is 2.46 bits per heavy atom. The first-order valence-electron chi connectivity index (χ1n) is 12.3. The van der Waals surface area contributed by atoms with Gasteiger partial charge in [-0.25, -0.2) is 0 Å². The van der Waals surface area contributed by atoms with Crippen LogP contribution in [-0.2, 0) is 21.4 Å². The fourth-order valence-electron chi connectivity index (χ4n) is 5.62. The van der Waals surface area contributed by atoms with Crippen LogP contribution in [0.1, 0.15) is 54.2 Å². The van der Waals surface area contributed by atoms with Gasteiger partial charge in [0.15, 0.2) is 0 Å². The third-order valence-corrected chi connectivity index (χ3v) is 7.42. The first kappa shape index (κ1) is 23.1. The summed E-state index contributed by atoms with van der Waals surface area (Å²) in [4.78, 5) is 42.9. The number of esters is 1. The lowest BCUT2D eigenvalue weighted by molar-refractivity contribution is -0.151. The molecule has 0 radical (unpaired) electrons. The van der Waals surface area contributed by atoms with Crippen LogP contribution in [-0.4, -0.2) is 57.9 Å². The van der Waals surface area contributed by atoms with E-state index in [4.69, 9.17) is 4.74 Å². The lowest BCUT2D eigenvalue weighted by Gasteiger charge is -2.37. The van der Waals surface area contributed by atoms with E-state index in [1.165, 1.54) is 0 Å². The van der Waals surface area contributed by atoms with Crippen molar-refractivity contribution in [1.82, 2.24) is 14.4 Å². The summed E-state index contributed by atoms with van der Waals surface area (Å²) in [5.41, 5.74) is 3.67. The highest BCUT2D eigenvalue weighted by atomic mass is 16.5. The number of para-hydroxylation sites is 1. The van der Waals surface area contributed by atoms with E-state index in [1.54, 1.807) is 16.7 Å². The lowest BCUT2D eigenvalue weighted by Crippen LogP contribution is -2.51. The maximum atomic E-state index is 13.7. The second-order valence-electron chi connectivity index (χ2n) is 9.44. The molecule has 3 aromatic rings. The quantitative estimate of drug-likeness (QED) is 0.527. The molecule has 2 aromatic carbocycles. The van der Waals surface area contributed by atoms with Crippen molar-refractivity contribution < 1.29 is 19.1 Å². The van der Waals surface area contributed by atoms with Gasteiger partial charge < -0.3 is 19.1 Å². The molecule has 0 spiro atoms. The fraction of sp³-hybridized carbons (Fsp3) is 0.393. The monoisotopic (exact) mass is 473 g/mol. The molecule has 1 fully saturated rings. The molecule has 2 aliphatic rings. The maximum Gasteiger partial charge on any atom is 0.309 e. The van der Waals surface area contributed by atoms with Crippen LogP contribution in [0.5, 0.6) is 0 Å². The topological polar surface area (TPSA) is 71.8 Å². The predicted octanol–water partition coefficient (Wildman–Crippen LogP) is 3.91. The molecule has 0 bridgehead atoms. The molecule has 182 valence electrons. The fourth-order valence-corrected chi connectivity index (χ4v) is 5.62. The number of carbonyl (C=O) groups is 3. The molecule has 1 saturated heterocycles. The molecule has 0 saturated carbocycles. The highest BCUT2D eigenvalue weighted by Gasteiger charge is 2.44. The van der Waals surface area contributed by atoms with Gasteiger partial charge in [-0.15, -0.1) is 0 Å². The van der Waals surface area contributed by atoms with Gasteiger partial charge in [-0.2, -0.15) is 0 Å². The zero-order valence-corrected chi connectivity index (χ0v) is 20.4. The number of benzene rings is 2. The number of aromatic nitrogens is 1. The minimum atomic E-state index is -0.641. The van der Waals surface area contributed by atoms with Crippen molar-refractivity contribution in [3.8, 4) is 0 Å². The van der Waals surface area contributed by atoms with Gasteiger partial charge >= 0.3 is 5.97 Å². The van der Waals surface area contributed by atoms with Crippen molar-refractivity contribution >= 4 is 28.7 Å². The van der Waals surface area contributed by atoms with Crippen molar-refractivity contribution in [3.05, 3.63) is 71.4 Å². The summed E-state index contributed by atoms with van der Waals surface area (Å²) in [5.74, 6) is -0.566. The average molecular weight is 474 g/mol. The van der Waals surface area contributed by atoms with Crippen molar-refractivity contribution in [2.75, 3.05) is 19.7 Å².